The van der Waals surface area contributed by atoms with Gasteiger partial charge in [-0.25, -0.2) is 8.42 Å². The average molecular weight is 416 g/mol. The molecule has 0 spiro atoms. The van der Waals surface area contributed by atoms with Crippen molar-refractivity contribution in [3.8, 4) is 0 Å². The van der Waals surface area contributed by atoms with Gasteiger partial charge in [0.1, 0.15) is 10.9 Å². The molecule has 1 aromatic carbocycles. The van der Waals surface area contributed by atoms with Crippen molar-refractivity contribution in [2.75, 3.05) is 19.6 Å². The first kappa shape index (κ1) is 21.7. The van der Waals surface area contributed by atoms with Crippen LogP contribution in [0.4, 0.5) is 0 Å². The molecular weight excluding hydrogens is 390 g/mol. The molecule has 0 aliphatic carbocycles. The standard InChI is InChI=1S/C18H26ClN3O4S/c1-3-9-20-17(23)13(2)21-18(24)14-7-8-15(19)16(12-14)27(25,26)22-10-5-4-6-11-22/h7-8,12-13H,3-6,9-11H2,1-2H3,(H,20,23)(H,21,24)/t13-/m0/s1. The minimum atomic E-state index is -3.76. The summed E-state index contributed by atoms with van der Waals surface area (Å²) in [7, 11) is -3.76. The zero-order valence-corrected chi connectivity index (χ0v) is 17.2. The van der Waals surface area contributed by atoms with Gasteiger partial charge in [0.05, 0.1) is 5.02 Å². The van der Waals surface area contributed by atoms with Crippen molar-refractivity contribution in [1.82, 2.24) is 14.9 Å². The average Bonchev–Trinajstić information content (AvgIpc) is 2.66. The van der Waals surface area contributed by atoms with Crippen molar-refractivity contribution in [2.24, 2.45) is 0 Å². The van der Waals surface area contributed by atoms with Crippen LogP contribution in [-0.4, -0.2) is 50.2 Å². The van der Waals surface area contributed by atoms with Crippen LogP contribution in [0.5, 0.6) is 0 Å². The third-order valence-electron chi connectivity index (χ3n) is 4.42. The number of carbonyl (C=O) groups is 2. The molecule has 27 heavy (non-hydrogen) atoms. The second-order valence-electron chi connectivity index (χ2n) is 6.60. The van der Waals surface area contributed by atoms with Gasteiger partial charge in [-0.2, -0.15) is 4.31 Å². The first-order valence-corrected chi connectivity index (χ1v) is 11.0. The van der Waals surface area contributed by atoms with E-state index in [0.29, 0.717) is 19.6 Å². The van der Waals surface area contributed by atoms with E-state index >= 15 is 0 Å². The molecule has 1 aromatic rings. The van der Waals surface area contributed by atoms with Gasteiger partial charge in [-0.1, -0.05) is 24.9 Å². The number of nitrogens with zero attached hydrogens (tertiary/aromatic N) is 1. The third-order valence-corrected chi connectivity index (χ3v) is 6.80. The molecule has 7 nitrogen and oxygen atoms in total. The van der Waals surface area contributed by atoms with Crippen LogP contribution >= 0.6 is 11.6 Å². The van der Waals surface area contributed by atoms with Gasteiger partial charge in [-0.3, -0.25) is 9.59 Å². The van der Waals surface area contributed by atoms with Crippen molar-refractivity contribution in [3.05, 3.63) is 28.8 Å². The van der Waals surface area contributed by atoms with E-state index in [1.54, 1.807) is 6.92 Å². The third kappa shape index (κ3) is 5.43. The molecule has 1 aliphatic rings. The van der Waals surface area contributed by atoms with Crippen LogP contribution in [0.3, 0.4) is 0 Å². The van der Waals surface area contributed by atoms with Gasteiger partial charge in [0.25, 0.3) is 5.91 Å². The Morgan fingerprint density at radius 1 is 1.22 bits per heavy atom. The number of sulfonamides is 1. The Kier molecular flexibility index (Phi) is 7.64. The summed E-state index contributed by atoms with van der Waals surface area (Å²) in [4.78, 5) is 24.3. The number of piperidine rings is 1. The molecular formula is C18H26ClN3O4S. The molecule has 1 atom stereocenters. The van der Waals surface area contributed by atoms with E-state index in [0.717, 1.165) is 25.7 Å². The lowest BCUT2D eigenvalue weighted by Crippen LogP contribution is -2.45. The summed E-state index contributed by atoms with van der Waals surface area (Å²) in [5.74, 6) is -0.818. The van der Waals surface area contributed by atoms with Gasteiger partial charge in [-0.05, 0) is 44.4 Å². The maximum Gasteiger partial charge on any atom is 0.251 e. The maximum atomic E-state index is 12.9. The van der Waals surface area contributed by atoms with Crippen LogP contribution in [0.1, 0.15) is 49.9 Å². The minimum absolute atomic E-state index is 0.0749. The fourth-order valence-corrected chi connectivity index (χ4v) is 4.85. The first-order valence-electron chi connectivity index (χ1n) is 9.15. The topological polar surface area (TPSA) is 95.6 Å². The van der Waals surface area contributed by atoms with Crippen molar-refractivity contribution < 1.29 is 18.0 Å². The molecule has 2 rings (SSSR count). The number of halogens is 1. The van der Waals surface area contributed by atoms with E-state index in [1.165, 1.54) is 22.5 Å². The van der Waals surface area contributed by atoms with Crippen molar-refractivity contribution in [3.63, 3.8) is 0 Å². The number of amides is 2. The van der Waals surface area contributed by atoms with E-state index in [1.807, 2.05) is 6.92 Å². The highest BCUT2D eigenvalue weighted by Crippen LogP contribution is 2.27. The van der Waals surface area contributed by atoms with Crippen LogP contribution in [0.2, 0.25) is 5.02 Å². The molecule has 1 saturated heterocycles. The smallest absolute Gasteiger partial charge is 0.251 e. The largest absolute Gasteiger partial charge is 0.354 e. The molecule has 0 radical (unpaired) electrons. The second kappa shape index (κ2) is 9.52. The Hall–Kier alpha value is -1.64. The van der Waals surface area contributed by atoms with Gasteiger partial charge in [-0.15, -0.1) is 0 Å². The molecule has 1 heterocycles. The highest BCUT2D eigenvalue weighted by molar-refractivity contribution is 7.89. The summed E-state index contributed by atoms with van der Waals surface area (Å²) in [6, 6.07) is 3.39. The lowest BCUT2D eigenvalue weighted by molar-refractivity contribution is -0.122. The molecule has 1 aliphatic heterocycles. The Morgan fingerprint density at radius 3 is 2.52 bits per heavy atom. The van der Waals surface area contributed by atoms with Gasteiger partial charge in [0.2, 0.25) is 15.9 Å². The summed E-state index contributed by atoms with van der Waals surface area (Å²) in [6.07, 6.45) is 3.41. The number of carbonyl (C=O) groups excluding carboxylic acids is 2. The van der Waals surface area contributed by atoms with Crippen molar-refractivity contribution in [2.45, 2.75) is 50.5 Å². The van der Waals surface area contributed by atoms with Crippen LogP contribution < -0.4 is 10.6 Å². The van der Waals surface area contributed by atoms with Crippen LogP contribution in [-0.2, 0) is 14.8 Å². The second-order valence-corrected chi connectivity index (χ2v) is 8.91. The van der Waals surface area contributed by atoms with E-state index in [9.17, 15) is 18.0 Å². The molecule has 0 aromatic heterocycles. The van der Waals surface area contributed by atoms with E-state index in [4.69, 9.17) is 11.6 Å². The first-order chi connectivity index (χ1) is 12.8. The SMILES string of the molecule is CCCNC(=O)[C@H](C)NC(=O)c1ccc(Cl)c(S(=O)(=O)N2CCCCC2)c1. The summed E-state index contributed by atoms with van der Waals surface area (Å²) < 4.78 is 27.2. The van der Waals surface area contributed by atoms with Gasteiger partial charge >= 0.3 is 0 Å². The summed E-state index contributed by atoms with van der Waals surface area (Å²) in [5.41, 5.74) is 0.144. The molecule has 0 unspecified atom stereocenters. The zero-order valence-electron chi connectivity index (χ0n) is 15.6. The van der Waals surface area contributed by atoms with Crippen LogP contribution in [0.25, 0.3) is 0 Å². The van der Waals surface area contributed by atoms with Crippen molar-refractivity contribution in [1.29, 1.82) is 0 Å². The summed E-state index contributed by atoms with van der Waals surface area (Å²) in [6.45, 7) is 4.93. The monoisotopic (exact) mass is 415 g/mol. The molecule has 2 amide bonds. The molecule has 0 bridgehead atoms. The summed E-state index contributed by atoms with van der Waals surface area (Å²) in [5, 5.41) is 5.35. The minimum Gasteiger partial charge on any atom is -0.354 e. The summed E-state index contributed by atoms with van der Waals surface area (Å²) >= 11 is 6.12. The molecule has 1 fully saturated rings. The number of rotatable bonds is 7. The Bertz CT molecular complexity index is 792. The van der Waals surface area contributed by atoms with Gasteiger partial charge in [0.15, 0.2) is 0 Å². The van der Waals surface area contributed by atoms with E-state index in [-0.39, 0.29) is 21.4 Å². The maximum absolute atomic E-state index is 12.9. The Labute approximate surface area is 165 Å². The van der Waals surface area contributed by atoms with Gasteiger partial charge in [0, 0.05) is 25.2 Å². The predicted molar refractivity (Wildman–Crippen MR) is 104 cm³/mol. The predicted octanol–water partition coefficient (Wildman–Crippen LogP) is 2.16. The Balaban J connectivity index is 2.18. The number of hydrogen-bond acceptors (Lipinski definition) is 4. The normalized spacial score (nSPS) is 16.6. The Morgan fingerprint density at radius 2 is 1.89 bits per heavy atom. The quantitative estimate of drug-likeness (QED) is 0.713. The van der Waals surface area contributed by atoms with Crippen LogP contribution in [0, 0.1) is 0 Å². The van der Waals surface area contributed by atoms with Crippen molar-refractivity contribution >= 4 is 33.4 Å². The van der Waals surface area contributed by atoms with E-state index < -0.39 is 22.0 Å². The molecule has 0 saturated carbocycles. The molecule has 150 valence electrons. The highest BCUT2D eigenvalue weighted by Gasteiger charge is 2.29. The fraction of sp³-hybridized carbons (Fsp3) is 0.556. The lowest BCUT2D eigenvalue weighted by Gasteiger charge is -2.26. The zero-order chi connectivity index (χ0) is 20.0. The fourth-order valence-electron chi connectivity index (χ4n) is 2.83. The lowest BCUT2D eigenvalue weighted by atomic mass is 10.2. The van der Waals surface area contributed by atoms with E-state index in [2.05, 4.69) is 10.6 Å². The molecule has 9 heteroatoms. The molecule has 2 N–H and O–H groups in total. The van der Waals surface area contributed by atoms with Gasteiger partial charge < -0.3 is 10.6 Å². The van der Waals surface area contributed by atoms with Crippen LogP contribution in [0.15, 0.2) is 23.1 Å². The highest BCUT2D eigenvalue weighted by atomic mass is 35.5. The number of hydrogen-bond donors (Lipinski definition) is 2. The number of benzene rings is 1. The number of nitrogens with one attached hydrogen (secondary N) is 2.